The van der Waals surface area contributed by atoms with Crippen LogP contribution in [0.4, 0.5) is 5.69 Å². The summed E-state index contributed by atoms with van der Waals surface area (Å²) in [4.78, 5) is 17.4. The standard InChI is InChI=1S/C19H22N2O2S/c1-3-21-14-15(23-18-9-5-4-8-17(18)21)13-20(2)19(22)11-10-16-7-6-12-24-16/h4-12,15H,3,13-14H2,1-2H3/b11-10+/t15-/m0/s1. The second-order valence-electron chi connectivity index (χ2n) is 5.81. The first-order valence-electron chi connectivity index (χ1n) is 8.14. The molecule has 0 bridgehead atoms. The van der Waals surface area contributed by atoms with Gasteiger partial charge in [0.15, 0.2) is 0 Å². The molecule has 1 atom stereocenters. The van der Waals surface area contributed by atoms with Crippen LogP contribution in [0.1, 0.15) is 11.8 Å². The lowest BCUT2D eigenvalue weighted by Gasteiger charge is -2.37. The molecule has 2 aromatic rings. The first-order valence-corrected chi connectivity index (χ1v) is 9.02. The van der Waals surface area contributed by atoms with Crippen molar-refractivity contribution in [2.75, 3.05) is 31.6 Å². The number of ether oxygens (including phenoxy) is 1. The monoisotopic (exact) mass is 342 g/mol. The number of hydrogen-bond acceptors (Lipinski definition) is 4. The fraction of sp³-hybridized carbons (Fsp3) is 0.316. The second-order valence-corrected chi connectivity index (χ2v) is 6.79. The van der Waals surface area contributed by atoms with E-state index in [0.29, 0.717) is 6.54 Å². The van der Waals surface area contributed by atoms with Crippen LogP contribution >= 0.6 is 11.3 Å². The average Bonchev–Trinajstić information content (AvgIpc) is 3.12. The maximum Gasteiger partial charge on any atom is 0.246 e. The zero-order valence-electron chi connectivity index (χ0n) is 14.0. The van der Waals surface area contributed by atoms with Crippen molar-refractivity contribution >= 4 is 29.0 Å². The lowest BCUT2D eigenvalue weighted by atomic mass is 10.2. The minimum atomic E-state index is -0.0241. The van der Waals surface area contributed by atoms with Gasteiger partial charge in [-0.15, -0.1) is 11.3 Å². The van der Waals surface area contributed by atoms with Gasteiger partial charge in [-0.05, 0) is 36.6 Å². The smallest absolute Gasteiger partial charge is 0.246 e. The van der Waals surface area contributed by atoms with Crippen molar-refractivity contribution in [1.82, 2.24) is 4.90 Å². The predicted molar refractivity (Wildman–Crippen MR) is 99.7 cm³/mol. The van der Waals surface area contributed by atoms with Crippen molar-refractivity contribution in [3.05, 3.63) is 52.7 Å². The minimum Gasteiger partial charge on any atom is -0.485 e. The molecule has 0 aliphatic carbocycles. The van der Waals surface area contributed by atoms with Gasteiger partial charge in [-0.2, -0.15) is 0 Å². The number of rotatable bonds is 5. The van der Waals surface area contributed by atoms with E-state index in [-0.39, 0.29) is 12.0 Å². The lowest BCUT2D eigenvalue weighted by molar-refractivity contribution is -0.125. The normalized spacial score (nSPS) is 16.8. The van der Waals surface area contributed by atoms with Gasteiger partial charge >= 0.3 is 0 Å². The Bertz CT molecular complexity index is 712. The molecule has 0 spiro atoms. The number of likely N-dealkylation sites (N-methyl/N-ethyl adjacent to an activating group) is 2. The summed E-state index contributed by atoms with van der Waals surface area (Å²) in [5.74, 6) is 0.888. The molecule has 1 aliphatic rings. The number of fused-ring (bicyclic) bond motifs is 1. The molecule has 1 amide bonds. The number of nitrogens with zero attached hydrogens (tertiary/aromatic N) is 2. The molecule has 1 aromatic carbocycles. The summed E-state index contributed by atoms with van der Waals surface area (Å²) >= 11 is 1.62. The zero-order valence-corrected chi connectivity index (χ0v) is 14.8. The maximum atomic E-state index is 12.3. The molecule has 4 nitrogen and oxygen atoms in total. The summed E-state index contributed by atoms with van der Waals surface area (Å²) in [5.41, 5.74) is 1.13. The molecule has 0 unspecified atom stereocenters. The van der Waals surface area contributed by atoms with E-state index in [1.165, 1.54) is 0 Å². The maximum absolute atomic E-state index is 12.3. The summed E-state index contributed by atoms with van der Waals surface area (Å²) in [5, 5.41) is 2.00. The number of anilines is 1. The van der Waals surface area contributed by atoms with Crippen molar-refractivity contribution in [3.8, 4) is 5.75 Å². The van der Waals surface area contributed by atoms with Crippen LogP contribution in [0, 0.1) is 0 Å². The van der Waals surface area contributed by atoms with Gasteiger partial charge in [0, 0.05) is 24.5 Å². The molecule has 0 fully saturated rings. The van der Waals surface area contributed by atoms with Crippen LogP contribution in [0.15, 0.2) is 47.9 Å². The Morgan fingerprint density at radius 1 is 1.38 bits per heavy atom. The third kappa shape index (κ3) is 3.79. The Kier molecular flexibility index (Phi) is 5.20. The number of benzene rings is 1. The van der Waals surface area contributed by atoms with Crippen molar-refractivity contribution in [2.24, 2.45) is 0 Å². The molecule has 2 heterocycles. The molecule has 0 N–H and O–H groups in total. The zero-order chi connectivity index (χ0) is 16.9. The highest BCUT2D eigenvalue weighted by Crippen LogP contribution is 2.32. The van der Waals surface area contributed by atoms with Crippen LogP contribution in [-0.4, -0.2) is 43.6 Å². The van der Waals surface area contributed by atoms with E-state index < -0.39 is 0 Å². The van der Waals surface area contributed by atoms with Crippen molar-refractivity contribution < 1.29 is 9.53 Å². The topological polar surface area (TPSA) is 32.8 Å². The lowest BCUT2D eigenvalue weighted by Crippen LogP contribution is -2.46. The summed E-state index contributed by atoms with van der Waals surface area (Å²) in [6.45, 7) is 4.42. The van der Waals surface area contributed by atoms with Crippen molar-refractivity contribution in [2.45, 2.75) is 13.0 Å². The van der Waals surface area contributed by atoms with Gasteiger partial charge in [0.05, 0.1) is 18.8 Å². The highest BCUT2D eigenvalue weighted by atomic mass is 32.1. The van der Waals surface area contributed by atoms with Crippen LogP contribution in [0.5, 0.6) is 5.75 Å². The third-order valence-electron chi connectivity index (χ3n) is 4.09. The Hall–Kier alpha value is -2.27. The number of amides is 1. The van der Waals surface area contributed by atoms with E-state index in [2.05, 4.69) is 17.9 Å². The first-order chi connectivity index (χ1) is 11.7. The van der Waals surface area contributed by atoms with Gasteiger partial charge in [-0.1, -0.05) is 18.2 Å². The number of carbonyl (C=O) groups excluding carboxylic acids is 1. The molecular formula is C19H22N2O2S. The SMILES string of the molecule is CCN1C[C@H](CN(C)C(=O)/C=C/c2cccs2)Oc2ccccc21. The van der Waals surface area contributed by atoms with E-state index >= 15 is 0 Å². The van der Waals surface area contributed by atoms with Crippen LogP contribution in [0.25, 0.3) is 6.08 Å². The molecular weight excluding hydrogens is 320 g/mol. The van der Waals surface area contributed by atoms with Gasteiger partial charge in [0.1, 0.15) is 11.9 Å². The molecule has 5 heteroatoms. The van der Waals surface area contributed by atoms with Gasteiger partial charge in [-0.25, -0.2) is 0 Å². The van der Waals surface area contributed by atoms with Gasteiger partial charge in [0.2, 0.25) is 5.91 Å². The van der Waals surface area contributed by atoms with Gasteiger partial charge in [-0.3, -0.25) is 4.79 Å². The molecule has 0 saturated carbocycles. The van der Waals surface area contributed by atoms with E-state index in [1.807, 2.05) is 48.8 Å². The van der Waals surface area contributed by atoms with Crippen molar-refractivity contribution in [3.63, 3.8) is 0 Å². The second kappa shape index (κ2) is 7.53. The van der Waals surface area contributed by atoms with Gasteiger partial charge in [0.25, 0.3) is 0 Å². The van der Waals surface area contributed by atoms with Crippen molar-refractivity contribution in [1.29, 1.82) is 0 Å². The molecule has 0 radical (unpaired) electrons. The molecule has 1 aromatic heterocycles. The van der Waals surface area contributed by atoms with E-state index in [9.17, 15) is 4.79 Å². The van der Waals surface area contributed by atoms with Crippen LogP contribution in [-0.2, 0) is 4.79 Å². The Labute approximate surface area is 147 Å². The van der Waals surface area contributed by atoms with E-state index in [1.54, 1.807) is 22.3 Å². The number of para-hydroxylation sites is 2. The van der Waals surface area contributed by atoms with E-state index in [0.717, 1.165) is 29.4 Å². The molecule has 1 aliphatic heterocycles. The highest BCUT2D eigenvalue weighted by molar-refractivity contribution is 7.10. The third-order valence-corrected chi connectivity index (χ3v) is 4.93. The first kappa shape index (κ1) is 16.6. The van der Waals surface area contributed by atoms with Crippen LogP contribution in [0.2, 0.25) is 0 Å². The molecule has 24 heavy (non-hydrogen) atoms. The quantitative estimate of drug-likeness (QED) is 0.780. The summed E-state index contributed by atoms with van der Waals surface area (Å²) < 4.78 is 6.08. The molecule has 126 valence electrons. The Morgan fingerprint density at radius 3 is 2.96 bits per heavy atom. The number of carbonyl (C=O) groups is 1. The van der Waals surface area contributed by atoms with Crippen LogP contribution < -0.4 is 9.64 Å². The fourth-order valence-electron chi connectivity index (χ4n) is 2.84. The Morgan fingerprint density at radius 2 is 2.21 bits per heavy atom. The van der Waals surface area contributed by atoms with Gasteiger partial charge < -0.3 is 14.5 Å². The number of hydrogen-bond donors (Lipinski definition) is 0. The molecule has 0 saturated heterocycles. The summed E-state index contributed by atoms with van der Waals surface area (Å²) in [6, 6.07) is 12.0. The minimum absolute atomic E-state index is 0.00564. The van der Waals surface area contributed by atoms with Crippen LogP contribution in [0.3, 0.4) is 0 Å². The largest absolute Gasteiger partial charge is 0.485 e. The average molecular weight is 342 g/mol. The molecule has 3 rings (SSSR count). The summed E-state index contributed by atoms with van der Waals surface area (Å²) in [7, 11) is 1.82. The summed E-state index contributed by atoms with van der Waals surface area (Å²) in [6.07, 6.45) is 3.46. The fourth-order valence-corrected chi connectivity index (χ4v) is 3.45. The number of thiophene rings is 1. The Balaban J connectivity index is 1.62. The highest BCUT2D eigenvalue weighted by Gasteiger charge is 2.26. The van der Waals surface area contributed by atoms with E-state index in [4.69, 9.17) is 4.74 Å². The predicted octanol–water partition coefficient (Wildman–Crippen LogP) is 3.51.